The molecule has 0 spiro atoms. The number of hydrogen-bond donors (Lipinski definition) is 0. The Labute approximate surface area is 150 Å². The fourth-order valence-electron chi connectivity index (χ4n) is 2.31. The van der Waals surface area contributed by atoms with E-state index in [9.17, 15) is 0 Å². The van der Waals surface area contributed by atoms with Crippen LogP contribution in [0.15, 0.2) is 91.0 Å². The zero-order chi connectivity index (χ0) is 15.9. The van der Waals surface area contributed by atoms with E-state index in [0.717, 1.165) is 10.2 Å². The van der Waals surface area contributed by atoms with Gasteiger partial charge in [-0.1, -0.05) is 91.0 Å². The lowest BCUT2D eigenvalue weighted by atomic mass is 10.1. The van der Waals surface area contributed by atoms with E-state index >= 15 is 0 Å². The van der Waals surface area contributed by atoms with Crippen molar-refractivity contribution in [1.82, 2.24) is 0 Å². The fourth-order valence-corrected chi connectivity index (χ4v) is 4.20. The first-order valence-corrected chi connectivity index (χ1v) is 9.30. The van der Waals surface area contributed by atoms with Crippen molar-refractivity contribution in [3.63, 3.8) is 0 Å². The molecule has 0 fully saturated rings. The summed E-state index contributed by atoms with van der Waals surface area (Å²) in [5.74, 6) is 0.951. The van der Waals surface area contributed by atoms with Crippen LogP contribution in [0.3, 0.4) is 0 Å². The van der Waals surface area contributed by atoms with Crippen molar-refractivity contribution < 1.29 is 0 Å². The topological polar surface area (TPSA) is 0 Å². The first kappa shape index (κ1) is 16.1. The predicted molar refractivity (Wildman–Crippen MR) is 106 cm³/mol. The Hall–Kier alpha value is -1.77. The molecule has 0 aliphatic heterocycles. The van der Waals surface area contributed by atoms with Crippen LogP contribution in [0, 0.1) is 0 Å². The Morgan fingerprint density at radius 2 is 1.13 bits per heavy atom. The Morgan fingerprint density at radius 3 is 1.70 bits per heavy atom. The molecule has 0 unspecified atom stereocenters. The number of thioether (sulfide) groups is 1. The Morgan fingerprint density at radius 1 is 0.652 bits per heavy atom. The molecule has 0 aliphatic rings. The highest BCUT2D eigenvalue weighted by atomic mass is 79.9. The van der Waals surface area contributed by atoms with Crippen LogP contribution in [0.2, 0.25) is 0 Å². The Balaban J connectivity index is 1.94. The van der Waals surface area contributed by atoms with Crippen molar-refractivity contribution >= 4 is 37.1 Å². The quantitative estimate of drug-likeness (QED) is 0.436. The molecule has 0 amide bonds. The van der Waals surface area contributed by atoms with Crippen molar-refractivity contribution in [2.75, 3.05) is 0 Å². The molecule has 2 heteroatoms. The van der Waals surface area contributed by atoms with Gasteiger partial charge in [-0.2, -0.15) is 0 Å². The van der Waals surface area contributed by atoms with Crippen LogP contribution in [-0.2, 0) is 5.75 Å². The maximum atomic E-state index is 3.82. The van der Waals surface area contributed by atoms with Gasteiger partial charge in [-0.3, -0.25) is 0 Å². The van der Waals surface area contributed by atoms with Crippen molar-refractivity contribution in [3.8, 4) is 0 Å². The second kappa shape index (κ2) is 8.19. The van der Waals surface area contributed by atoms with Gasteiger partial charge in [0, 0.05) is 15.1 Å². The van der Waals surface area contributed by atoms with Gasteiger partial charge in [0.05, 0.1) is 0 Å². The second-order valence-electron chi connectivity index (χ2n) is 5.15. The maximum absolute atomic E-state index is 3.82. The van der Waals surface area contributed by atoms with Gasteiger partial charge in [0.2, 0.25) is 0 Å². The summed E-state index contributed by atoms with van der Waals surface area (Å²) in [6, 6.07) is 31.6. The average molecular weight is 381 g/mol. The maximum Gasteiger partial charge on any atom is 0.0389 e. The van der Waals surface area contributed by atoms with Gasteiger partial charge in [-0.25, -0.2) is 0 Å². The molecule has 3 aromatic rings. The molecule has 23 heavy (non-hydrogen) atoms. The lowest BCUT2D eigenvalue weighted by Crippen LogP contribution is -1.87. The van der Waals surface area contributed by atoms with Crippen LogP contribution in [0.5, 0.6) is 0 Å². The Kier molecular flexibility index (Phi) is 5.73. The number of hydrogen-bond acceptors (Lipinski definition) is 1. The summed E-state index contributed by atoms with van der Waals surface area (Å²) >= 11 is 5.68. The molecule has 0 saturated heterocycles. The summed E-state index contributed by atoms with van der Waals surface area (Å²) in [6.07, 6.45) is 0. The largest absolute Gasteiger partial charge is 0.120 e. The molecule has 0 aromatic heterocycles. The van der Waals surface area contributed by atoms with E-state index in [0.29, 0.717) is 0 Å². The molecular weight excluding hydrogens is 364 g/mol. The monoisotopic (exact) mass is 380 g/mol. The minimum atomic E-state index is 0.951. The molecule has 0 heterocycles. The van der Waals surface area contributed by atoms with Crippen molar-refractivity contribution in [3.05, 3.63) is 108 Å². The van der Waals surface area contributed by atoms with Gasteiger partial charge in [0.15, 0.2) is 0 Å². The normalized spacial score (nSPS) is 11.9. The zero-order valence-electron chi connectivity index (χ0n) is 12.7. The summed E-state index contributed by atoms with van der Waals surface area (Å²) in [5, 5.41) is 0. The van der Waals surface area contributed by atoms with E-state index in [1.807, 2.05) is 17.8 Å². The van der Waals surface area contributed by atoms with E-state index in [-0.39, 0.29) is 0 Å². The van der Waals surface area contributed by atoms with Crippen molar-refractivity contribution in [2.45, 2.75) is 5.75 Å². The van der Waals surface area contributed by atoms with Gasteiger partial charge in [0.25, 0.3) is 0 Å². The molecule has 0 aliphatic carbocycles. The summed E-state index contributed by atoms with van der Waals surface area (Å²) < 4.78 is 1.14. The molecule has 0 atom stereocenters. The van der Waals surface area contributed by atoms with Crippen LogP contribution >= 0.6 is 27.7 Å². The van der Waals surface area contributed by atoms with Gasteiger partial charge in [0.1, 0.15) is 0 Å². The molecule has 0 nitrogen and oxygen atoms in total. The van der Waals surface area contributed by atoms with Gasteiger partial charge in [-0.05, 0) is 32.6 Å². The lowest BCUT2D eigenvalue weighted by molar-refractivity contribution is 1.42. The standard InChI is InChI=1S/C21H17BrS/c22-20(18-12-6-2-7-13-18)21(19-14-8-3-9-15-19)23-16-17-10-4-1-5-11-17/h1-15H,16H2. The van der Waals surface area contributed by atoms with Gasteiger partial charge < -0.3 is 0 Å². The van der Waals surface area contributed by atoms with Gasteiger partial charge in [-0.15, -0.1) is 11.8 Å². The SMILES string of the molecule is BrC(=C(SCc1ccccc1)c1ccccc1)c1ccccc1. The molecule has 3 aromatic carbocycles. The van der Waals surface area contributed by atoms with Crippen LogP contribution in [0.4, 0.5) is 0 Å². The third-order valence-corrected chi connectivity index (χ3v) is 5.81. The minimum Gasteiger partial charge on any atom is -0.120 e. The number of benzene rings is 3. The van der Waals surface area contributed by atoms with Crippen molar-refractivity contribution in [1.29, 1.82) is 0 Å². The minimum absolute atomic E-state index is 0.951. The summed E-state index contributed by atoms with van der Waals surface area (Å²) in [5.41, 5.74) is 3.77. The van der Waals surface area contributed by atoms with E-state index in [1.54, 1.807) is 0 Å². The smallest absolute Gasteiger partial charge is 0.0389 e. The second-order valence-corrected chi connectivity index (χ2v) is 6.93. The van der Waals surface area contributed by atoms with Gasteiger partial charge >= 0.3 is 0 Å². The predicted octanol–water partition coefficient (Wildman–Crippen LogP) is 6.84. The Bertz CT molecular complexity index is 765. The first-order chi connectivity index (χ1) is 11.3. The van der Waals surface area contributed by atoms with E-state index in [2.05, 4.69) is 101 Å². The van der Waals surface area contributed by atoms with E-state index < -0.39 is 0 Å². The van der Waals surface area contributed by atoms with Crippen LogP contribution in [0.25, 0.3) is 9.39 Å². The highest BCUT2D eigenvalue weighted by Crippen LogP contribution is 2.40. The van der Waals surface area contributed by atoms with E-state index in [4.69, 9.17) is 0 Å². The average Bonchev–Trinajstić information content (AvgIpc) is 2.64. The summed E-state index contributed by atoms with van der Waals surface area (Å²) in [6.45, 7) is 0. The van der Waals surface area contributed by atoms with Crippen LogP contribution in [0.1, 0.15) is 16.7 Å². The lowest BCUT2D eigenvalue weighted by Gasteiger charge is -2.12. The fraction of sp³-hybridized carbons (Fsp3) is 0.0476. The molecule has 0 saturated carbocycles. The third-order valence-electron chi connectivity index (χ3n) is 3.49. The molecule has 3 rings (SSSR count). The first-order valence-electron chi connectivity index (χ1n) is 7.52. The highest BCUT2D eigenvalue weighted by molar-refractivity contribution is 9.15. The number of rotatable bonds is 5. The molecule has 0 radical (unpaired) electrons. The summed E-state index contributed by atoms with van der Waals surface area (Å²) in [4.78, 5) is 1.26. The van der Waals surface area contributed by atoms with Crippen molar-refractivity contribution in [2.24, 2.45) is 0 Å². The molecule has 0 N–H and O–H groups in total. The molecular formula is C21H17BrS. The summed E-state index contributed by atoms with van der Waals surface area (Å²) in [7, 11) is 0. The van der Waals surface area contributed by atoms with E-state index in [1.165, 1.54) is 21.6 Å². The third kappa shape index (κ3) is 4.37. The van der Waals surface area contributed by atoms with Crippen LogP contribution in [-0.4, -0.2) is 0 Å². The molecule has 0 bridgehead atoms. The zero-order valence-corrected chi connectivity index (χ0v) is 15.1. The van der Waals surface area contributed by atoms with Crippen LogP contribution < -0.4 is 0 Å². The molecule has 114 valence electrons. The highest BCUT2D eigenvalue weighted by Gasteiger charge is 2.10. The number of halogens is 1.